The first kappa shape index (κ1) is 19.8. The Bertz CT molecular complexity index is 927. The minimum Gasteiger partial charge on any atom is -0.355 e. The lowest BCUT2D eigenvalue weighted by Crippen LogP contribution is -2.39. The lowest BCUT2D eigenvalue weighted by atomic mass is 10.1. The molecule has 0 radical (unpaired) electrons. The molecule has 10 heteroatoms. The van der Waals surface area contributed by atoms with Crippen LogP contribution in [0.3, 0.4) is 0 Å². The number of sulfone groups is 2. The highest BCUT2D eigenvalue weighted by Gasteiger charge is 2.41. The maximum absolute atomic E-state index is 12.3. The van der Waals surface area contributed by atoms with Crippen molar-refractivity contribution in [2.75, 3.05) is 30.3 Å². The molecule has 2 heterocycles. The Morgan fingerprint density at radius 1 is 1.22 bits per heavy atom. The van der Waals surface area contributed by atoms with Gasteiger partial charge in [0.15, 0.2) is 19.7 Å². The number of nitrogens with zero attached hydrogens (tertiary/aromatic N) is 1. The molecule has 2 aliphatic rings. The molecule has 0 unspecified atom stereocenters. The Morgan fingerprint density at radius 2 is 1.93 bits per heavy atom. The minimum absolute atomic E-state index is 0.0216. The molecular weight excluding hydrogens is 392 g/mol. The van der Waals surface area contributed by atoms with Gasteiger partial charge in [-0.15, -0.1) is 0 Å². The lowest BCUT2D eigenvalue weighted by Gasteiger charge is -2.22. The molecule has 3 rings (SSSR count). The van der Waals surface area contributed by atoms with Gasteiger partial charge in [-0.2, -0.15) is 0 Å². The van der Waals surface area contributed by atoms with Gasteiger partial charge in [0.2, 0.25) is 11.8 Å². The van der Waals surface area contributed by atoms with Gasteiger partial charge in [0.25, 0.3) is 0 Å². The number of carbonyl (C=O) groups excluding carboxylic acids is 2. The molecule has 1 aromatic carbocycles. The molecule has 0 saturated carbocycles. The molecule has 2 aliphatic heterocycles. The predicted molar refractivity (Wildman–Crippen MR) is 98.4 cm³/mol. The molecule has 2 saturated heterocycles. The van der Waals surface area contributed by atoms with E-state index >= 15 is 0 Å². The molecule has 2 fully saturated rings. The number of likely N-dealkylation sites (tertiary alicyclic amines) is 1. The molecule has 0 aromatic heterocycles. The maximum Gasteiger partial charge on any atom is 0.225 e. The Balaban J connectivity index is 1.51. The van der Waals surface area contributed by atoms with Gasteiger partial charge in [0, 0.05) is 25.6 Å². The third-order valence-corrected chi connectivity index (χ3v) is 8.43. The largest absolute Gasteiger partial charge is 0.355 e. The number of rotatable bonds is 6. The third-order valence-electron chi connectivity index (χ3n) is 4.95. The third kappa shape index (κ3) is 4.67. The monoisotopic (exact) mass is 414 g/mol. The summed E-state index contributed by atoms with van der Waals surface area (Å²) in [5.41, 5.74) is 0. The van der Waals surface area contributed by atoms with Crippen LogP contribution >= 0.6 is 0 Å². The Labute approximate surface area is 158 Å². The van der Waals surface area contributed by atoms with Crippen molar-refractivity contribution in [1.29, 1.82) is 0 Å². The van der Waals surface area contributed by atoms with Crippen molar-refractivity contribution in [3.8, 4) is 0 Å². The van der Waals surface area contributed by atoms with Gasteiger partial charge in [-0.1, -0.05) is 18.2 Å². The predicted octanol–water partition coefficient (Wildman–Crippen LogP) is -0.388. The first-order valence-corrected chi connectivity index (χ1v) is 12.2. The van der Waals surface area contributed by atoms with Crippen LogP contribution in [0.5, 0.6) is 0 Å². The summed E-state index contributed by atoms with van der Waals surface area (Å²) in [5, 5.41) is 2.58. The zero-order chi connectivity index (χ0) is 19.7. The van der Waals surface area contributed by atoms with E-state index < -0.39 is 25.6 Å². The Morgan fingerprint density at radius 3 is 2.56 bits per heavy atom. The van der Waals surface area contributed by atoms with Gasteiger partial charge in [-0.25, -0.2) is 16.8 Å². The molecule has 2 amide bonds. The first-order valence-electron chi connectivity index (χ1n) is 8.73. The van der Waals surface area contributed by atoms with Crippen LogP contribution in [0, 0.1) is 5.92 Å². The number of benzene rings is 1. The second-order valence-electron chi connectivity index (χ2n) is 6.93. The summed E-state index contributed by atoms with van der Waals surface area (Å²) in [4.78, 5) is 26.1. The van der Waals surface area contributed by atoms with Crippen molar-refractivity contribution in [2.24, 2.45) is 5.92 Å². The maximum atomic E-state index is 12.3. The number of hydrogen-bond acceptors (Lipinski definition) is 6. The molecule has 8 nitrogen and oxygen atoms in total. The van der Waals surface area contributed by atoms with Crippen LogP contribution in [0.15, 0.2) is 35.2 Å². The van der Waals surface area contributed by atoms with Crippen molar-refractivity contribution >= 4 is 31.5 Å². The SMILES string of the molecule is O=C(NCCS(=O)(=O)c1ccccc1)[C@@H]1CC(=O)N([C@@H]2CCS(=O)(=O)C2)C1. The van der Waals surface area contributed by atoms with Gasteiger partial charge in [0.1, 0.15) is 0 Å². The van der Waals surface area contributed by atoms with E-state index in [0.29, 0.717) is 6.42 Å². The molecule has 0 aliphatic carbocycles. The summed E-state index contributed by atoms with van der Waals surface area (Å²) in [6, 6.07) is 7.62. The molecule has 1 aromatic rings. The van der Waals surface area contributed by atoms with E-state index in [2.05, 4.69) is 5.32 Å². The molecular formula is C17H22N2O6S2. The highest BCUT2D eigenvalue weighted by atomic mass is 32.2. The van der Waals surface area contributed by atoms with Crippen molar-refractivity contribution < 1.29 is 26.4 Å². The number of carbonyl (C=O) groups is 2. The van der Waals surface area contributed by atoms with Gasteiger partial charge in [-0.05, 0) is 18.6 Å². The molecule has 2 atom stereocenters. The highest BCUT2D eigenvalue weighted by Crippen LogP contribution is 2.26. The summed E-state index contributed by atoms with van der Waals surface area (Å²) in [5.74, 6) is -1.41. The van der Waals surface area contributed by atoms with Gasteiger partial charge >= 0.3 is 0 Å². The summed E-state index contributed by atoms with van der Waals surface area (Å²) in [7, 11) is -6.60. The van der Waals surface area contributed by atoms with Crippen LogP contribution < -0.4 is 5.32 Å². The summed E-state index contributed by atoms with van der Waals surface area (Å²) in [6.45, 7) is 0.134. The number of nitrogens with one attached hydrogen (secondary N) is 1. The van der Waals surface area contributed by atoms with Gasteiger partial charge in [0.05, 0.1) is 28.1 Å². The number of hydrogen-bond donors (Lipinski definition) is 1. The van der Waals surface area contributed by atoms with Crippen LogP contribution in [-0.2, 0) is 29.3 Å². The Hall–Kier alpha value is -1.94. The topological polar surface area (TPSA) is 118 Å². The van der Waals surface area contributed by atoms with Crippen molar-refractivity contribution in [3.63, 3.8) is 0 Å². The fourth-order valence-corrected chi connectivity index (χ4v) is 6.39. The van der Waals surface area contributed by atoms with Crippen LogP contribution in [0.1, 0.15) is 12.8 Å². The molecule has 1 N–H and O–H groups in total. The highest BCUT2D eigenvalue weighted by molar-refractivity contribution is 7.91. The fourth-order valence-electron chi connectivity index (χ4n) is 3.48. The van der Waals surface area contributed by atoms with E-state index in [1.54, 1.807) is 18.2 Å². The molecule has 148 valence electrons. The second-order valence-corrected chi connectivity index (χ2v) is 11.3. The summed E-state index contributed by atoms with van der Waals surface area (Å²) < 4.78 is 47.6. The quantitative estimate of drug-likeness (QED) is 0.678. The zero-order valence-electron chi connectivity index (χ0n) is 14.7. The second kappa shape index (κ2) is 7.59. The van der Waals surface area contributed by atoms with Crippen molar-refractivity contribution in [1.82, 2.24) is 10.2 Å². The van der Waals surface area contributed by atoms with E-state index in [9.17, 15) is 26.4 Å². The standard InChI is InChI=1S/C17H22N2O6S2/c20-16-10-13(11-19(16)14-6-8-26(22,23)12-14)17(21)18-7-9-27(24,25)15-4-2-1-3-5-15/h1-5,13-14H,6-12H2,(H,18,21)/t13-,14-/m1/s1. The van der Waals surface area contributed by atoms with Crippen molar-refractivity contribution in [3.05, 3.63) is 30.3 Å². The first-order chi connectivity index (χ1) is 12.7. The summed E-state index contributed by atoms with van der Waals surface area (Å²) >= 11 is 0. The van der Waals surface area contributed by atoms with E-state index in [1.165, 1.54) is 17.0 Å². The van der Waals surface area contributed by atoms with E-state index in [1.807, 2.05) is 0 Å². The molecule has 0 spiro atoms. The van der Waals surface area contributed by atoms with E-state index in [4.69, 9.17) is 0 Å². The molecule has 27 heavy (non-hydrogen) atoms. The van der Waals surface area contributed by atoms with E-state index in [-0.39, 0.29) is 59.5 Å². The van der Waals surface area contributed by atoms with E-state index in [0.717, 1.165) is 0 Å². The smallest absolute Gasteiger partial charge is 0.225 e. The average molecular weight is 415 g/mol. The Kier molecular flexibility index (Phi) is 5.57. The molecule has 0 bridgehead atoms. The lowest BCUT2D eigenvalue weighted by molar-refractivity contribution is -0.130. The van der Waals surface area contributed by atoms with Crippen LogP contribution in [0.2, 0.25) is 0 Å². The van der Waals surface area contributed by atoms with Crippen LogP contribution in [-0.4, -0.2) is 69.9 Å². The normalized spacial score (nSPS) is 24.9. The summed E-state index contributed by atoms with van der Waals surface area (Å²) in [6.07, 6.45) is 0.422. The zero-order valence-corrected chi connectivity index (χ0v) is 16.3. The number of amides is 2. The minimum atomic E-state index is -3.49. The van der Waals surface area contributed by atoms with Crippen LogP contribution in [0.25, 0.3) is 0 Å². The van der Waals surface area contributed by atoms with Gasteiger partial charge in [-0.3, -0.25) is 9.59 Å². The van der Waals surface area contributed by atoms with Crippen LogP contribution in [0.4, 0.5) is 0 Å². The average Bonchev–Trinajstić information content (AvgIpc) is 3.17. The fraction of sp³-hybridized carbons (Fsp3) is 0.529. The van der Waals surface area contributed by atoms with Gasteiger partial charge < -0.3 is 10.2 Å². The van der Waals surface area contributed by atoms with Crippen molar-refractivity contribution in [2.45, 2.75) is 23.8 Å².